The quantitative estimate of drug-likeness (QED) is 0.658. The molecule has 0 heterocycles. The highest BCUT2D eigenvalue weighted by atomic mass is 32.2. The Hall–Kier alpha value is 0.0200. The molecule has 0 aliphatic rings. The van der Waals surface area contributed by atoms with Crippen molar-refractivity contribution in [3.05, 3.63) is 0 Å². The lowest BCUT2D eigenvalue weighted by atomic mass is 10.2. The largest absolute Gasteiger partial charge is 0.287 e. The number of hydrogen-bond donors (Lipinski definition) is 0. The highest BCUT2D eigenvalue weighted by molar-refractivity contribution is 8.13. The van der Waals surface area contributed by atoms with Crippen molar-refractivity contribution in [2.75, 3.05) is 5.75 Å². The summed E-state index contributed by atoms with van der Waals surface area (Å²) in [5.41, 5.74) is 0. The van der Waals surface area contributed by atoms with Crippen LogP contribution in [0.15, 0.2) is 0 Å². The molecule has 0 aliphatic heterocycles. The number of hydrogen-bond acceptors (Lipinski definition) is 2. The van der Waals surface area contributed by atoms with E-state index in [1.807, 2.05) is 0 Å². The average Bonchev–Trinajstić information content (AvgIpc) is 1.99. The minimum Gasteiger partial charge on any atom is -0.287 e. The smallest absolute Gasteiger partial charge is 0.189 e. The van der Waals surface area contributed by atoms with Gasteiger partial charge in [0.1, 0.15) is 0 Å². The Morgan fingerprint density at radius 2 is 1.92 bits per heavy atom. The molecule has 0 aromatic rings. The van der Waals surface area contributed by atoms with Crippen molar-refractivity contribution >= 4 is 16.9 Å². The van der Waals surface area contributed by atoms with Crippen LogP contribution in [0.4, 0.5) is 0 Å². The van der Waals surface area contributed by atoms with Crippen LogP contribution in [0.25, 0.3) is 0 Å². The van der Waals surface area contributed by atoms with Crippen LogP contribution in [0.2, 0.25) is 0 Å². The maximum atomic E-state index is 11.2. The third kappa shape index (κ3) is 6.71. The Morgan fingerprint density at radius 3 is 2.33 bits per heavy atom. The van der Waals surface area contributed by atoms with Gasteiger partial charge in [-0.15, -0.1) is 0 Å². The summed E-state index contributed by atoms with van der Waals surface area (Å²) in [6.07, 6.45) is 1.89. The zero-order valence-electron chi connectivity index (χ0n) is 8.59. The molecule has 1 atom stereocenters. The number of carbonyl (C=O) groups is 1. The second-order valence-electron chi connectivity index (χ2n) is 3.79. The SMILES string of the molecule is CC[C@H](C)CSC(=O)CC(C)C. The molecule has 0 saturated carbocycles. The molecular weight excluding hydrogens is 168 g/mol. The van der Waals surface area contributed by atoms with Gasteiger partial charge in [-0.3, -0.25) is 4.79 Å². The molecule has 0 spiro atoms. The van der Waals surface area contributed by atoms with E-state index in [1.165, 1.54) is 18.2 Å². The van der Waals surface area contributed by atoms with Gasteiger partial charge >= 0.3 is 0 Å². The first-order valence-electron chi connectivity index (χ1n) is 4.71. The van der Waals surface area contributed by atoms with Gasteiger partial charge in [-0.25, -0.2) is 0 Å². The van der Waals surface area contributed by atoms with Gasteiger partial charge in [0.05, 0.1) is 0 Å². The molecule has 0 amide bonds. The lowest BCUT2D eigenvalue weighted by Crippen LogP contribution is -2.03. The lowest BCUT2D eigenvalue weighted by Gasteiger charge is -2.07. The van der Waals surface area contributed by atoms with E-state index in [0.717, 1.165) is 12.2 Å². The Bertz CT molecular complexity index is 132. The van der Waals surface area contributed by atoms with Gasteiger partial charge in [-0.2, -0.15) is 0 Å². The molecule has 0 rings (SSSR count). The van der Waals surface area contributed by atoms with E-state index in [4.69, 9.17) is 0 Å². The van der Waals surface area contributed by atoms with Gasteiger partial charge in [0.2, 0.25) is 0 Å². The van der Waals surface area contributed by atoms with Crippen LogP contribution >= 0.6 is 11.8 Å². The number of rotatable bonds is 5. The molecule has 0 aliphatic carbocycles. The highest BCUT2D eigenvalue weighted by Crippen LogP contribution is 2.16. The van der Waals surface area contributed by atoms with Crippen molar-refractivity contribution < 1.29 is 4.79 Å². The van der Waals surface area contributed by atoms with Gasteiger partial charge in [-0.05, 0) is 11.8 Å². The molecule has 0 fully saturated rings. The molecule has 0 bridgehead atoms. The maximum Gasteiger partial charge on any atom is 0.189 e. The molecule has 0 aromatic heterocycles. The maximum absolute atomic E-state index is 11.2. The molecule has 0 radical (unpaired) electrons. The van der Waals surface area contributed by atoms with Crippen LogP contribution in [-0.2, 0) is 4.79 Å². The van der Waals surface area contributed by atoms with E-state index in [0.29, 0.717) is 17.0 Å². The molecule has 1 nitrogen and oxygen atoms in total. The normalized spacial score (nSPS) is 13.4. The summed E-state index contributed by atoms with van der Waals surface area (Å²) >= 11 is 1.50. The van der Waals surface area contributed by atoms with Crippen molar-refractivity contribution in [1.29, 1.82) is 0 Å². The van der Waals surface area contributed by atoms with E-state index in [9.17, 15) is 4.79 Å². The van der Waals surface area contributed by atoms with Gasteiger partial charge < -0.3 is 0 Å². The standard InChI is InChI=1S/C10H20OS/c1-5-9(4)7-12-10(11)6-8(2)3/h8-9H,5-7H2,1-4H3/t9-/m0/s1. The van der Waals surface area contributed by atoms with Crippen molar-refractivity contribution in [2.45, 2.75) is 40.5 Å². The summed E-state index contributed by atoms with van der Waals surface area (Å²) < 4.78 is 0. The van der Waals surface area contributed by atoms with E-state index >= 15 is 0 Å². The van der Waals surface area contributed by atoms with Crippen molar-refractivity contribution in [3.63, 3.8) is 0 Å². The Balaban J connectivity index is 3.44. The predicted octanol–water partition coefficient (Wildman–Crippen LogP) is 3.34. The van der Waals surface area contributed by atoms with Crippen LogP contribution in [-0.4, -0.2) is 10.9 Å². The summed E-state index contributed by atoms with van der Waals surface area (Å²) in [6, 6.07) is 0. The van der Waals surface area contributed by atoms with Crippen molar-refractivity contribution in [1.82, 2.24) is 0 Å². The summed E-state index contributed by atoms with van der Waals surface area (Å²) in [5, 5.41) is 0.352. The van der Waals surface area contributed by atoms with Crippen molar-refractivity contribution in [3.8, 4) is 0 Å². The first-order chi connectivity index (χ1) is 5.56. The average molecular weight is 188 g/mol. The Labute approximate surface area is 80.3 Å². The number of carbonyl (C=O) groups excluding carboxylic acids is 1. The minimum absolute atomic E-state index is 0.352. The van der Waals surface area contributed by atoms with Crippen LogP contribution in [0.5, 0.6) is 0 Å². The van der Waals surface area contributed by atoms with E-state index in [2.05, 4.69) is 27.7 Å². The Kier molecular flexibility index (Phi) is 6.54. The topological polar surface area (TPSA) is 17.1 Å². The molecule has 12 heavy (non-hydrogen) atoms. The Morgan fingerprint density at radius 1 is 1.33 bits per heavy atom. The predicted molar refractivity (Wildman–Crippen MR) is 56.4 cm³/mol. The molecule has 0 N–H and O–H groups in total. The summed E-state index contributed by atoms with van der Waals surface area (Å²) in [5.74, 6) is 2.16. The fourth-order valence-corrected chi connectivity index (χ4v) is 1.90. The fourth-order valence-electron chi connectivity index (χ4n) is 0.745. The third-order valence-electron chi connectivity index (χ3n) is 1.80. The van der Waals surface area contributed by atoms with Gasteiger partial charge in [0.15, 0.2) is 5.12 Å². The molecule has 0 unspecified atom stereocenters. The van der Waals surface area contributed by atoms with Crippen LogP contribution in [0, 0.1) is 11.8 Å². The monoisotopic (exact) mass is 188 g/mol. The van der Waals surface area contributed by atoms with E-state index < -0.39 is 0 Å². The fraction of sp³-hybridized carbons (Fsp3) is 0.900. The van der Waals surface area contributed by atoms with Gasteiger partial charge in [-0.1, -0.05) is 45.9 Å². The summed E-state index contributed by atoms with van der Waals surface area (Å²) in [6.45, 7) is 8.53. The number of thioether (sulfide) groups is 1. The van der Waals surface area contributed by atoms with Gasteiger partial charge in [0, 0.05) is 12.2 Å². The first-order valence-corrected chi connectivity index (χ1v) is 5.70. The first kappa shape index (κ1) is 12.0. The second kappa shape index (κ2) is 6.53. The van der Waals surface area contributed by atoms with E-state index in [-0.39, 0.29) is 0 Å². The third-order valence-corrected chi connectivity index (χ3v) is 3.03. The molecule has 72 valence electrons. The zero-order valence-corrected chi connectivity index (χ0v) is 9.41. The van der Waals surface area contributed by atoms with E-state index in [1.54, 1.807) is 0 Å². The summed E-state index contributed by atoms with van der Waals surface area (Å²) in [4.78, 5) is 11.2. The zero-order chi connectivity index (χ0) is 9.56. The van der Waals surface area contributed by atoms with Crippen LogP contribution in [0.1, 0.15) is 40.5 Å². The molecule has 2 heteroatoms. The second-order valence-corrected chi connectivity index (χ2v) is 4.87. The molecule has 0 aromatic carbocycles. The van der Waals surface area contributed by atoms with Crippen LogP contribution in [0.3, 0.4) is 0 Å². The van der Waals surface area contributed by atoms with Crippen molar-refractivity contribution in [2.24, 2.45) is 11.8 Å². The highest BCUT2D eigenvalue weighted by Gasteiger charge is 2.07. The van der Waals surface area contributed by atoms with Crippen LogP contribution < -0.4 is 0 Å². The van der Waals surface area contributed by atoms with Gasteiger partial charge in [0.25, 0.3) is 0 Å². The lowest BCUT2D eigenvalue weighted by molar-refractivity contribution is -0.111. The molecule has 0 saturated heterocycles. The molecular formula is C10H20OS. The minimum atomic E-state index is 0.352. The summed E-state index contributed by atoms with van der Waals surface area (Å²) in [7, 11) is 0.